The molecule has 0 aliphatic carbocycles. The summed E-state index contributed by atoms with van der Waals surface area (Å²) in [5.74, 6) is 1.88. The summed E-state index contributed by atoms with van der Waals surface area (Å²) in [6, 6.07) is 5.55. The highest BCUT2D eigenvalue weighted by Crippen LogP contribution is 2.41. The van der Waals surface area contributed by atoms with E-state index in [-0.39, 0.29) is 58.5 Å². The van der Waals surface area contributed by atoms with Crippen molar-refractivity contribution < 1.29 is 23.0 Å². The number of hydrogen-bond acceptors (Lipinski definition) is 9. The zero-order chi connectivity index (χ0) is 30.6. The maximum Gasteiger partial charge on any atom is 0.349 e. The van der Waals surface area contributed by atoms with Crippen LogP contribution >= 0.6 is 0 Å². The lowest BCUT2D eigenvalue weighted by Crippen LogP contribution is -2.43. The summed E-state index contributed by atoms with van der Waals surface area (Å²) in [7, 11) is 0. The lowest BCUT2D eigenvalue weighted by molar-refractivity contribution is 0.107. The number of alkyl halides is 1. The second-order valence-electron chi connectivity index (χ2n) is 11.4. The number of aromatic nitrogens is 4. The third-order valence-electron chi connectivity index (χ3n) is 8.67. The molecule has 224 valence electrons. The van der Waals surface area contributed by atoms with Gasteiger partial charge in [0.1, 0.15) is 41.3 Å². The summed E-state index contributed by atoms with van der Waals surface area (Å²) in [6.07, 6.45) is 10.2. The van der Waals surface area contributed by atoms with Crippen molar-refractivity contribution in [1.29, 1.82) is 0 Å². The van der Waals surface area contributed by atoms with Gasteiger partial charge in [-0.2, -0.15) is 15.1 Å². The summed E-state index contributed by atoms with van der Waals surface area (Å²) in [5.41, 5.74) is 0.481. The minimum Gasteiger partial charge on any atom is -0.508 e. The molecule has 0 bridgehead atoms. The van der Waals surface area contributed by atoms with E-state index in [9.17, 15) is 18.7 Å². The lowest BCUT2D eigenvalue weighted by Gasteiger charge is -2.30. The summed E-state index contributed by atoms with van der Waals surface area (Å²) in [4.78, 5) is 24.9. The highest BCUT2D eigenvalue weighted by molar-refractivity contribution is 6.03. The van der Waals surface area contributed by atoms with Gasteiger partial charge in [0, 0.05) is 47.8 Å². The third-order valence-corrected chi connectivity index (χ3v) is 8.67. The Balaban J connectivity index is 1.39. The van der Waals surface area contributed by atoms with Gasteiger partial charge in [0.25, 0.3) is 0 Å². The number of rotatable bonds is 7. The molecule has 0 unspecified atom stereocenters. The Morgan fingerprint density at radius 1 is 1.32 bits per heavy atom. The quantitative estimate of drug-likeness (QED) is 0.226. The Morgan fingerprint density at radius 2 is 2.18 bits per heavy atom. The van der Waals surface area contributed by atoms with Crippen molar-refractivity contribution in [3.05, 3.63) is 69.6 Å². The van der Waals surface area contributed by atoms with Gasteiger partial charge >= 0.3 is 11.6 Å². The molecule has 2 saturated heterocycles. The standard InChI is InChI=1S/C32H28F2N6O4/c1-3-22-24(34)6-5-19-9-21(41)10-23(25(19)22)28-17(2)27-26(30(42)44-28)29(35-12-18-13-36-37-14-18)39-31(38-27)43-16-32-7-4-8-40(32)15-20(33)11-32/h1,5-6,9-10,13-14,20,41H,4,7-8,11-12,15-16H2,2H3,(H,36,37)(H,35,38,39)/t20-,32+/m1/s1. The molecule has 7 rings (SSSR count). The number of phenolic OH excluding ortho intramolecular Hbond substituents is 1. The molecule has 10 nitrogen and oxygen atoms in total. The summed E-state index contributed by atoms with van der Waals surface area (Å²) in [5, 5.41) is 21.3. The van der Waals surface area contributed by atoms with Gasteiger partial charge in [-0.05, 0) is 49.9 Å². The largest absolute Gasteiger partial charge is 0.508 e. The number of ether oxygens (including phenoxy) is 1. The number of aromatic amines is 1. The molecule has 0 amide bonds. The fourth-order valence-electron chi connectivity index (χ4n) is 6.63. The monoisotopic (exact) mass is 598 g/mol. The zero-order valence-electron chi connectivity index (χ0n) is 23.8. The van der Waals surface area contributed by atoms with Gasteiger partial charge in [0.15, 0.2) is 0 Å². The van der Waals surface area contributed by atoms with Gasteiger partial charge in [-0.1, -0.05) is 12.0 Å². The van der Waals surface area contributed by atoms with Crippen molar-refractivity contribution in [2.24, 2.45) is 0 Å². The number of terminal acetylenes is 1. The van der Waals surface area contributed by atoms with Crippen LogP contribution in [0.2, 0.25) is 0 Å². The van der Waals surface area contributed by atoms with Crippen LogP contribution in [0.15, 0.2) is 45.9 Å². The minimum atomic E-state index is -0.923. The second kappa shape index (κ2) is 10.6. The third kappa shape index (κ3) is 4.60. The van der Waals surface area contributed by atoms with E-state index in [2.05, 4.69) is 36.3 Å². The summed E-state index contributed by atoms with van der Waals surface area (Å²) >= 11 is 0. The van der Waals surface area contributed by atoms with Crippen molar-refractivity contribution in [1.82, 2.24) is 25.1 Å². The molecule has 2 aliphatic heterocycles. The Morgan fingerprint density at radius 3 is 2.98 bits per heavy atom. The summed E-state index contributed by atoms with van der Waals surface area (Å²) < 4.78 is 41.2. The maximum absolute atomic E-state index is 14.8. The van der Waals surface area contributed by atoms with Gasteiger partial charge in [0.2, 0.25) is 0 Å². The van der Waals surface area contributed by atoms with Crippen LogP contribution in [0.5, 0.6) is 11.8 Å². The average molecular weight is 599 g/mol. The molecule has 2 atom stereocenters. The molecule has 5 heterocycles. The number of H-pyrrole nitrogens is 1. The van der Waals surface area contributed by atoms with Crippen molar-refractivity contribution in [2.75, 3.05) is 25.0 Å². The van der Waals surface area contributed by atoms with Gasteiger partial charge in [0.05, 0.1) is 22.8 Å². The van der Waals surface area contributed by atoms with E-state index in [1.807, 2.05) is 0 Å². The van der Waals surface area contributed by atoms with Crippen LogP contribution in [-0.4, -0.2) is 61.6 Å². The highest BCUT2D eigenvalue weighted by Gasteiger charge is 2.49. The first-order valence-electron chi connectivity index (χ1n) is 14.3. The molecule has 2 aliphatic rings. The van der Waals surface area contributed by atoms with Crippen LogP contribution in [-0.2, 0) is 6.54 Å². The first-order chi connectivity index (χ1) is 21.3. The number of benzene rings is 2. The molecule has 3 aromatic heterocycles. The Kier molecular flexibility index (Phi) is 6.70. The summed E-state index contributed by atoms with van der Waals surface area (Å²) in [6.45, 7) is 3.35. The molecule has 12 heteroatoms. The first kappa shape index (κ1) is 27.8. The first-order valence-corrected chi connectivity index (χ1v) is 14.3. The minimum absolute atomic E-state index is 0.00602. The number of hydrogen-bond donors (Lipinski definition) is 3. The van der Waals surface area contributed by atoms with Gasteiger partial charge < -0.3 is 19.6 Å². The highest BCUT2D eigenvalue weighted by atomic mass is 19.1. The Hall–Kier alpha value is -5.02. The molecule has 2 fully saturated rings. The van der Waals surface area contributed by atoms with Gasteiger partial charge in [-0.25, -0.2) is 13.6 Å². The zero-order valence-corrected chi connectivity index (χ0v) is 23.8. The van der Waals surface area contributed by atoms with E-state index in [4.69, 9.17) is 15.6 Å². The average Bonchev–Trinajstić information content (AvgIpc) is 3.73. The second-order valence-corrected chi connectivity index (χ2v) is 11.4. The van der Waals surface area contributed by atoms with Gasteiger partial charge in [-0.3, -0.25) is 10.00 Å². The maximum atomic E-state index is 14.8. The topological polar surface area (TPSA) is 129 Å². The lowest BCUT2D eigenvalue weighted by atomic mass is 9.95. The number of aromatic hydroxyl groups is 1. The fourth-order valence-corrected chi connectivity index (χ4v) is 6.63. The molecule has 2 aromatic carbocycles. The Labute approximate surface area is 250 Å². The van der Waals surface area contributed by atoms with Crippen LogP contribution in [0, 0.1) is 25.1 Å². The number of anilines is 1. The van der Waals surface area contributed by atoms with E-state index in [0.29, 0.717) is 29.3 Å². The van der Waals surface area contributed by atoms with E-state index in [0.717, 1.165) is 24.9 Å². The van der Waals surface area contributed by atoms with Crippen molar-refractivity contribution in [2.45, 2.75) is 44.4 Å². The van der Waals surface area contributed by atoms with Crippen molar-refractivity contribution in [3.8, 4) is 35.4 Å². The molecule has 0 radical (unpaired) electrons. The molecular formula is C32H28F2N6O4. The van der Waals surface area contributed by atoms with E-state index in [1.54, 1.807) is 19.3 Å². The number of aryl methyl sites for hydroxylation is 1. The number of fused-ring (bicyclic) bond motifs is 3. The molecular weight excluding hydrogens is 570 g/mol. The van der Waals surface area contributed by atoms with E-state index in [1.165, 1.54) is 24.3 Å². The SMILES string of the molecule is C#Cc1c(F)ccc2cc(O)cc(-c3oc(=O)c4c(NCc5cn[nH]c5)nc(OC[C@@]56CCCN5C[C@H](F)C6)nc4c3C)c12. The molecule has 5 aromatic rings. The predicted molar refractivity (Wildman–Crippen MR) is 160 cm³/mol. The number of nitrogens with zero attached hydrogens (tertiary/aromatic N) is 4. The predicted octanol–water partition coefficient (Wildman–Crippen LogP) is 4.83. The van der Waals surface area contributed by atoms with E-state index < -0.39 is 23.2 Å². The Bertz CT molecular complexity index is 2020. The number of phenols is 1. The normalized spacial score (nSPS) is 19.8. The van der Waals surface area contributed by atoms with Crippen LogP contribution in [0.4, 0.5) is 14.6 Å². The van der Waals surface area contributed by atoms with Crippen LogP contribution in [0.1, 0.15) is 36.0 Å². The number of nitrogens with one attached hydrogen (secondary N) is 2. The number of halogens is 2. The van der Waals surface area contributed by atoms with E-state index >= 15 is 0 Å². The smallest absolute Gasteiger partial charge is 0.349 e. The molecule has 44 heavy (non-hydrogen) atoms. The molecule has 0 saturated carbocycles. The van der Waals surface area contributed by atoms with Gasteiger partial charge in [-0.15, -0.1) is 6.42 Å². The van der Waals surface area contributed by atoms with Crippen LogP contribution in [0.3, 0.4) is 0 Å². The van der Waals surface area contributed by atoms with Crippen LogP contribution in [0.25, 0.3) is 33.0 Å². The fraction of sp³-hybridized carbons (Fsp3) is 0.312. The molecule has 3 N–H and O–H groups in total. The van der Waals surface area contributed by atoms with Crippen LogP contribution < -0.4 is 15.7 Å². The molecule has 0 spiro atoms. The van der Waals surface area contributed by atoms with Crippen molar-refractivity contribution >= 4 is 27.5 Å². The van der Waals surface area contributed by atoms with Crippen molar-refractivity contribution in [3.63, 3.8) is 0 Å².